The molecule has 0 saturated heterocycles. The minimum Gasteiger partial charge on any atom is -0.503 e. The molecule has 0 saturated carbocycles. The van der Waals surface area contributed by atoms with E-state index in [1.54, 1.807) is 31.3 Å². The molecule has 1 aliphatic rings. The summed E-state index contributed by atoms with van der Waals surface area (Å²) in [5.41, 5.74) is 0.873. The summed E-state index contributed by atoms with van der Waals surface area (Å²) in [4.78, 5) is 26.8. The zero-order valence-corrected chi connectivity index (χ0v) is 22.9. The predicted octanol–water partition coefficient (Wildman–Crippen LogP) is 7.47. The van der Waals surface area contributed by atoms with Gasteiger partial charge in [0, 0.05) is 6.54 Å². The number of methoxy groups -OCH3 is 2. The second-order valence-corrected chi connectivity index (χ2v) is 9.93. The van der Waals surface area contributed by atoms with Crippen LogP contribution in [0, 0.1) is 0 Å². The molecule has 1 aromatic carbocycles. The molecule has 0 radical (unpaired) electrons. The number of amides is 1. The number of benzene rings is 1. The van der Waals surface area contributed by atoms with Crippen molar-refractivity contribution in [3.8, 4) is 11.5 Å². The van der Waals surface area contributed by atoms with Gasteiger partial charge in [0.25, 0.3) is 5.91 Å². The van der Waals surface area contributed by atoms with Gasteiger partial charge in [0.1, 0.15) is 0 Å². The number of unbranched alkanes of at least 4 members (excludes halogenated alkanes) is 13. The first-order valence-corrected chi connectivity index (χ1v) is 13.9. The standard InChI is InChI=1S/C30H47NO5/c1-5-6-7-8-9-10-11-12-13-14-15-16-17-18-21-31-28(27(23(2)32)29(33)30(31)34)24-19-20-25(35-3)26(22-24)36-4/h19-20,22,28,33H,5-18,21H2,1-4H3/t28-/m0/s1. The van der Waals surface area contributed by atoms with Crippen LogP contribution in [-0.4, -0.2) is 42.5 Å². The number of nitrogens with zero attached hydrogens (tertiary/aromatic N) is 1. The van der Waals surface area contributed by atoms with Gasteiger partial charge < -0.3 is 19.5 Å². The van der Waals surface area contributed by atoms with E-state index in [1.807, 2.05) is 6.07 Å². The van der Waals surface area contributed by atoms with Gasteiger partial charge >= 0.3 is 0 Å². The highest BCUT2D eigenvalue weighted by Crippen LogP contribution is 2.40. The van der Waals surface area contributed by atoms with E-state index < -0.39 is 17.7 Å². The van der Waals surface area contributed by atoms with Crippen molar-refractivity contribution < 1.29 is 24.2 Å². The summed E-state index contributed by atoms with van der Waals surface area (Å²) in [6.45, 7) is 4.15. The molecule has 2 rings (SSSR count). The van der Waals surface area contributed by atoms with Crippen molar-refractivity contribution in [2.75, 3.05) is 20.8 Å². The molecule has 1 aromatic rings. The molecule has 202 valence electrons. The van der Waals surface area contributed by atoms with Gasteiger partial charge in [0.15, 0.2) is 23.0 Å². The van der Waals surface area contributed by atoms with Gasteiger partial charge in [-0.1, -0.05) is 96.5 Å². The van der Waals surface area contributed by atoms with Gasteiger partial charge in [-0.25, -0.2) is 0 Å². The smallest absolute Gasteiger partial charge is 0.290 e. The molecule has 0 unspecified atom stereocenters. The highest BCUT2D eigenvalue weighted by atomic mass is 16.5. The Morgan fingerprint density at radius 1 is 0.833 bits per heavy atom. The van der Waals surface area contributed by atoms with Gasteiger partial charge in [-0.15, -0.1) is 0 Å². The Hall–Kier alpha value is -2.50. The number of Topliss-reactive ketones (excluding diaryl/α,β-unsaturated/α-hetero) is 1. The average molecular weight is 502 g/mol. The van der Waals surface area contributed by atoms with Crippen LogP contribution >= 0.6 is 0 Å². The Bertz CT molecular complexity index is 863. The predicted molar refractivity (Wildman–Crippen MR) is 145 cm³/mol. The van der Waals surface area contributed by atoms with Crippen LogP contribution < -0.4 is 9.47 Å². The monoisotopic (exact) mass is 501 g/mol. The van der Waals surface area contributed by atoms with E-state index in [-0.39, 0.29) is 11.4 Å². The molecule has 0 spiro atoms. The summed E-state index contributed by atoms with van der Waals surface area (Å²) >= 11 is 0. The summed E-state index contributed by atoms with van der Waals surface area (Å²) in [5.74, 6) is -0.124. The first-order valence-electron chi connectivity index (χ1n) is 13.9. The molecule has 0 aromatic heterocycles. The number of aliphatic hydroxyl groups is 1. The van der Waals surface area contributed by atoms with Crippen LogP contribution in [0.15, 0.2) is 29.5 Å². The number of ketones is 1. The lowest BCUT2D eigenvalue weighted by Gasteiger charge is -2.27. The molecule has 1 N–H and O–H groups in total. The molecule has 0 bridgehead atoms. The number of hydrogen-bond acceptors (Lipinski definition) is 5. The number of rotatable bonds is 19. The highest BCUT2D eigenvalue weighted by Gasteiger charge is 2.42. The van der Waals surface area contributed by atoms with Crippen LogP contribution in [0.5, 0.6) is 11.5 Å². The Morgan fingerprint density at radius 3 is 1.81 bits per heavy atom. The van der Waals surface area contributed by atoms with E-state index in [9.17, 15) is 14.7 Å². The Balaban J connectivity index is 1.79. The van der Waals surface area contributed by atoms with Crippen LogP contribution in [0.1, 0.15) is 115 Å². The van der Waals surface area contributed by atoms with Crippen molar-refractivity contribution >= 4 is 11.7 Å². The van der Waals surface area contributed by atoms with E-state index in [4.69, 9.17) is 9.47 Å². The van der Waals surface area contributed by atoms with Crippen molar-refractivity contribution in [2.45, 2.75) is 110 Å². The minimum absolute atomic E-state index is 0.151. The quantitative estimate of drug-likeness (QED) is 0.199. The molecule has 1 atom stereocenters. The third-order valence-corrected chi connectivity index (χ3v) is 7.16. The van der Waals surface area contributed by atoms with Gasteiger partial charge in [-0.2, -0.15) is 0 Å². The van der Waals surface area contributed by atoms with Crippen molar-refractivity contribution in [2.24, 2.45) is 0 Å². The van der Waals surface area contributed by atoms with Crippen molar-refractivity contribution in [3.63, 3.8) is 0 Å². The molecule has 6 heteroatoms. The maximum absolute atomic E-state index is 12.9. The lowest BCUT2D eigenvalue weighted by atomic mass is 9.96. The molecule has 0 aliphatic carbocycles. The third kappa shape index (κ3) is 8.56. The topological polar surface area (TPSA) is 76.1 Å². The molecular formula is C30H47NO5. The SMILES string of the molecule is CCCCCCCCCCCCCCCCN1C(=O)C(O)=C(C(C)=O)[C@@H]1c1ccc(OC)c(OC)c1. The van der Waals surface area contributed by atoms with E-state index >= 15 is 0 Å². The van der Waals surface area contributed by atoms with Gasteiger partial charge in [0.05, 0.1) is 25.8 Å². The summed E-state index contributed by atoms with van der Waals surface area (Å²) < 4.78 is 10.7. The largest absolute Gasteiger partial charge is 0.503 e. The fraction of sp³-hybridized carbons (Fsp3) is 0.667. The third-order valence-electron chi connectivity index (χ3n) is 7.16. The molecule has 1 heterocycles. The van der Waals surface area contributed by atoms with Crippen molar-refractivity contribution in [1.82, 2.24) is 4.90 Å². The summed E-state index contributed by atoms with van der Waals surface area (Å²) in [6.07, 6.45) is 17.7. The van der Waals surface area contributed by atoms with Crippen molar-refractivity contribution in [1.29, 1.82) is 0 Å². The van der Waals surface area contributed by atoms with Crippen LogP contribution in [-0.2, 0) is 9.59 Å². The molecule has 36 heavy (non-hydrogen) atoms. The second kappa shape index (κ2) is 16.3. The molecule has 0 fully saturated rings. The lowest BCUT2D eigenvalue weighted by molar-refractivity contribution is -0.129. The first kappa shape index (κ1) is 29.7. The van der Waals surface area contributed by atoms with Crippen molar-refractivity contribution in [3.05, 3.63) is 35.1 Å². The molecule has 6 nitrogen and oxygen atoms in total. The summed E-state index contributed by atoms with van der Waals surface area (Å²) in [7, 11) is 3.11. The highest BCUT2D eigenvalue weighted by molar-refractivity contribution is 6.08. The minimum atomic E-state index is -0.614. The van der Waals surface area contributed by atoms with Gasteiger partial charge in [-0.05, 0) is 31.0 Å². The lowest BCUT2D eigenvalue weighted by Crippen LogP contribution is -2.32. The van der Waals surface area contributed by atoms with E-state index in [0.717, 1.165) is 24.8 Å². The average Bonchev–Trinajstić information content (AvgIpc) is 3.13. The van der Waals surface area contributed by atoms with E-state index in [0.29, 0.717) is 18.0 Å². The van der Waals surface area contributed by atoms with Crippen LogP contribution in [0.4, 0.5) is 0 Å². The van der Waals surface area contributed by atoms with E-state index in [1.165, 1.54) is 77.6 Å². The maximum atomic E-state index is 12.9. The summed E-state index contributed by atoms with van der Waals surface area (Å²) in [6, 6.07) is 4.74. The number of hydrogen-bond donors (Lipinski definition) is 1. The zero-order valence-electron chi connectivity index (χ0n) is 22.9. The van der Waals surface area contributed by atoms with Crippen LogP contribution in [0.2, 0.25) is 0 Å². The first-order chi connectivity index (χ1) is 17.5. The maximum Gasteiger partial charge on any atom is 0.290 e. The number of ether oxygens (including phenoxy) is 2. The van der Waals surface area contributed by atoms with E-state index in [2.05, 4.69) is 6.92 Å². The Kier molecular flexibility index (Phi) is 13.4. The fourth-order valence-electron chi connectivity index (χ4n) is 5.09. The number of carbonyl (C=O) groups is 2. The molecule has 1 amide bonds. The van der Waals surface area contributed by atoms with Gasteiger partial charge in [-0.3, -0.25) is 9.59 Å². The van der Waals surface area contributed by atoms with Crippen LogP contribution in [0.3, 0.4) is 0 Å². The molecule has 1 aliphatic heterocycles. The van der Waals surface area contributed by atoms with Gasteiger partial charge in [0.2, 0.25) is 0 Å². The Labute approximate surface area is 218 Å². The molecular weight excluding hydrogens is 454 g/mol. The normalized spacial score (nSPS) is 15.6. The zero-order chi connectivity index (χ0) is 26.3. The van der Waals surface area contributed by atoms with Crippen LogP contribution in [0.25, 0.3) is 0 Å². The fourth-order valence-corrected chi connectivity index (χ4v) is 5.09. The second-order valence-electron chi connectivity index (χ2n) is 9.93. The summed E-state index contributed by atoms with van der Waals surface area (Å²) in [5, 5.41) is 10.5. The number of carbonyl (C=O) groups excluding carboxylic acids is 2. The number of aliphatic hydroxyl groups excluding tert-OH is 1. The Morgan fingerprint density at radius 2 is 1.33 bits per heavy atom.